The minimum atomic E-state index is 0.575. The zero-order valence-corrected chi connectivity index (χ0v) is 12.2. The molecule has 2 aromatic rings. The molecule has 1 aromatic heterocycles. The van der Waals surface area contributed by atoms with Gasteiger partial charge in [0.2, 0.25) is 0 Å². The third-order valence-electron chi connectivity index (χ3n) is 4.16. The summed E-state index contributed by atoms with van der Waals surface area (Å²) in [6.45, 7) is 4.41. The van der Waals surface area contributed by atoms with Crippen LogP contribution in [-0.2, 0) is 0 Å². The molecule has 0 amide bonds. The molecule has 3 nitrogen and oxygen atoms in total. The van der Waals surface area contributed by atoms with Gasteiger partial charge in [0.1, 0.15) is 0 Å². The largest absolute Gasteiger partial charge is 0.306 e. The highest BCUT2D eigenvalue weighted by Crippen LogP contribution is 2.26. The average molecular weight is 267 g/mol. The maximum Gasteiger partial charge on any atom is 0.0885 e. The fourth-order valence-corrected chi connectivity index (χ4v) is 2.73. The molecular weight excluding hydrogens is 246 g/mol. The molecule has 3 rings (SSSR count). The van der Waals surface area contributed by atoms with Crippen molar-refractivity contribution >= 4 is 0 Å². The summed E-state index contributed by atoms with van der Waals surface area (Å²) in [6, 6.07) is 8.44. The fraction of sp³-hybridized carbons (Fsp3) is 0.412. The van der Waals surface area contributed by atoms with E-state index in [4.69, 9.17) is 0 Å². The van der Waals surface area contributed by atoms with Crippen LogP contribution in [0.1, 0.15) is 30.0 Å². The molecule has 2 heterocycles. The van der Waals surface area contributed by atoms with Gasteiger partial charge in [0.05, 0.1) is 17.6 Å². The molecule has 0 spiro atoms. The van der Waals surface area contributed by atoms with E-state index in [1.807, 2.05) is 12.4 Å². The van der Waals surface area contributed by atoms with E-state index >= 15 is 0 Å². The fourth-order valence-electron chi connectivity index (χ4n) is 2.73. The number of nitrogens with zero attached hydrogens (tertiary/aromatic N) is 3. The van der Waals surface area contributed by atoms with Crippen LogP contribution in [0, 0.1) is 6.92 Å². The Morgan fingerprint density at radius 3 is 2.30 bits per heavy atom. The van der Waals surface area contributed by atoms with Crippen LogP contribution in [0.4, 0.5) is 0 Å². The molecule has 1 aliphatic rings. The van der Waals surface area contributed by atoms with Crippen molar-refractivity contribution in [2.24, 2.45) is 0 Å². The van der Waals surface area contributed by atoms with Gasteiger partial charge >= 0.3 is 0 Å². The van der Waals surface area contributed by atoms with Crippen LogP contribution < -0.4 is 0 Å². The highest BCUT2D eigenvalue weighted by molar-refractivity contribution is 5.58. The number of hydrogen-bond donors (Lipinski definition) is 0. The van der Waals surface area contributed by atoms with Gasteiger partial charge in [0, 0.05) is 17.7 Å². The number of aryl methyl sites for hydroxylation is 1. The van der Waals surface area contributed by atoms with Crippen molar-refractivity contribution in [3.63, 3.8) is 0 Å². The number of benzene rings is 1. The maximum absolute atomic E-state index is 4.65. The van der Waals surface area contributed by atoms with E-state index < -0.39 is 0 Å². The Balaban J connectivity index is 1.76. The zero-order chi connectivity index (χ0) is 13.9. The molecule has 0 saturated carbocycles. The first-order valence-electron chi connectivity index (χ1n) is 7.30. The van der Waals surface area contributed by atoms with Crippen molar-refractivity contribution in [3.8, 4) is 11.3 Å². The first kappa shape index (κ1) is 13.3. The Morgan fingerprint density at radius 1 is 1.00 bits per heavy atom. The lowest BCUT2D eigenvalue weighted by Crippen LogP contribution is -2.29. The first-order chi connectivity index (χ1) is 9.72. The molecule has 0 aliphatic carbocycles. The van der Waals surface area contributed by atoms with Crippen LogP contribution in [0.15, 0.2) is 36.7 Å². The number of hydrogen-bond acceptors (Lipinski definition) is 3. The number of likely N-dealkylation sites (tertiary alicyclic amines) is 1. The summed E-state index contributed by atoms with van der Waals surface area (Å²) in [5.74, 6) is 0.575. The van der Waals surface area contributed by atoms with Gasteiger partial charge in [-0.2, -0.15) is 0 Å². The molecule has 0 bridgehead atoms. The van der Waals surface area contributed by atoms with Gasteiger partial charge in [-0.05, 0) is 39.9 Å². The summed E-state index contributed by atoms with van der Waals surface area (Å²) in [7, 11) is 2.18. The van der Waals surface area contributed by atoms with E-state index in [9.17, 15) is 0 Å². The van der Waals surface area contributed by atoms with Crippen LogP contribution in [-0.4, -0.2) is 35.0 Å². The summed E-state index contributed by atoms with van der Waals surface area (Å²) in [4.78, 5) is 11.6. The van der Waals surface area contributed by atoms with E-state index in [-0.39, 0.29) is 0 Å². The lowest BCUT2D eigenvalue weighted by atomic mass is 9.94. The standard InChI is InChI=1S/C17H21N3/c1-13-3-5-14(6-4-13)16-11-19-17(12-18-16)15-7-9-20(2)10-8-15/h3-6,11-12,15H,7-10H2,1-2H3. The molecule has 1 aromatic carbocycles. The van der Waals surface area contributed by atoms with E-state index in [1.54, 1.807) is 0 Å². The summed E-state index contributed by atoms with van der Waals surface area (Å²) in [5.41, 5.74) is 4.51. The van der Waals surface area contributed by atoms with Crippen LogP contribution in [0.2, 0.25) is 0 Å². The second-order valence-electron chi connectivity index (χ2n) is 5.77. The SMILES string of the molecule is Cc1ccc(-c2cnc(C3CCN(C)CC3)cn2)cc1. The Hall–Kier alpha value is -1.74. The van der Waals surface area contributed by atoms with Crippen LogP contribution in [0.25, 0.3) is 11.3 Å². The molecule has 1 fully saturated rings. The van der Waals surface area contributed by atoms with Crippen molar-refractivity contribution in [1.29, 1.82) is 0 Å². The third-order valence-corrected chi connectivity index (χ3v) is 4.16. The highest BCUT2D eigenvalue weighted by Gasteiger charge is 2.19. The van der Waals surface area contributed by atoms with Gasteiger partial charge in [0.25, 0.3) is 0 Å². The molecule has 1 saturated heterocycles. The summed E-state index contributed by atoms with van der Waals surface area (Å²) < 4.78 is 0. The lowest BCUT2D eigenvalue weighted by molar-refractivity contribution is 0.253. The van der Waals surface area contributed by atoms with Crippen molar-refractivity contribution in [2.75, 3.05) is 20.1 Å². The smallest absolute Gasteiger partial charge is 0.0885 e. The monoisotopic (exact) mass is 267 g/mol. The summed E-state index contributed by atoms with van der Waals surface area (Å²) in [5, 5.41) is 0. The van der Waals surface area contributed by atoms with Gasteiger partial charge < -0.3 is 4.90 Å². The Morgan fingerprint density at radius 2 is 1.70 bits per heavy atom. The Labute approximate surface area is 120 Å². The quantitative estimate of drug-likeness (QED) is 0.836. The topological polar surface area (TPSA) is 29.0 Å². The Bertz CT molecular complexity index is 552. The zero-order valence-electron chi connectivity index (χ0n) is 12.2. The normalized spacial score (nSPS) is 17.3. The molecule has 1 aliphatic heterocycles. The van der Waals surface area contributed by atoms with E-state index in [0.717, 1.165) is 30.0 Å². The Kier molecular flexibility index (Phi) is 3.79. The van der Waals surface area contributed by atoms with Crippen LogP contribution >= 0.6 is 0 Å². The van der Waals surface area contributed by atoms with Gasteiger partial charge in [0.15, 0.2) is 0 Å². The second kappa shape index (κ2) is 5.71. The minimum absolute atomic E-state index is 0.575. The minimum Gasteiger partial charge on any atom is -0.306 e. The third kappa shape index (κ3) is 2.88. The van der Waals surface area contributed by atoms with Crippen molar-refractivity contribution in [3.05, 3.63) is 47.9 Å². The van der Waals surface area contributed by atoms with Gasteiger partial charge in [-0.25, -0.2) is 0 Å². The molecule has 104 valence electrons. The molecule has 0 N–H and O–H groups in total. The molecule has 20 heavy (non-hydrogen) atoms. The molecule has 0 atom stereocenters. The summed E-state index contributed by atoms with van der Waals surface area (Å²) in [6.07, 6.45) is 6.26. The summed E-state index contributed by atoms with van der Waals surface area (Å²) >= 11 is 0. The molecular formula is C17H21N3. The van der Waals surface area contributed by atoms with Gasteiger partial charge in [-0.3, -0.25) is 9.97 Å². The molecule has 0 radical (unpaired) electrons. The van der Waals surface area contributed by atoms with Crippen molar-refractivity contribution in [2.45, 2.75) is 25.7 Å². The van der Waals surface area contributed by atoms with Gasteiger partial charge in [-0.1, -0.05) is 29.8 Å². The van der Waals surface area contributed by atoms with Crippen LogP contribution in [0.3, 0.4) is 0 Å². The van der Waals surface area contributed by atoms with Crippen LogP contribution in [0.5, 0.6) is 0 Å². The van der Waals surface area contributed by atoms with Crippen molar-refractivity contribution < 1.29 is 0 Å². The van der Waals surface area contributed by atoms with E-state index in [1.165, 1.54) is 18.4 Å². The van der Waals surface area contributed by atoms with Crippen molar-refractivity contribution in [1.82, 2.24) is 14.9 Å². The molecule has 3 heteroatoms. The molecule has 0 unspecified atom stereocenters. The average Bonchev–Trinajstić information content (AvgIpc) is 2.49. The van der Waals surface area contributed by atoms with E-state index in [0.29, 0.717) is 5.92 Å². The first-order valence-corrected chi connectivity index (χ1v) is 7.30. The predicted molar refractivity (Wildman–Crippen MR) is 81.7 cm³/mol. The lowest BCUT2D eigenvalue weighted by Gasteiger charge is -2.28. The highest BCUT2D eigenvalue weighted by atomic mass is 15.1. The number of piperidine rings is 1. The predicted octanol–water partition coefficient (Wildman–Crippen LogP) is 3.26. The van der Waals surface area contributed by atoms with E-state index in [2.05, 4.69) is 53.1 Å². The second-order valence-corrected chi connectivity index (χ2v) is 5.77. The number of aromatic nitrogens is 2. The maximum atomic E-state index is 4.65. The number of rotatable bonds is 2. The van der Waals surface area contributed by atoms with Gasteiger partial charge in [-0.15, -0.1) is 0 Å².